The first-order valence-corrected chi connectivity index (χ1v) is 7.97. The van der Waals surface area contributed by atoms with Gasteiger partial charge in [0.25, 0.3) is 0 Å². The lowest BCUT2D eigenvalue weighted by Gasteiger charge is -2.09. The van der Waals surface area contributed by atoms with Crippen LogP contribution in [0.1, 0.15) is 17.5 Å². The maximum atomic E-state index is 12.2. The molecule has 0 aliphatic rings. The van der Waals surface area contributed by atoms with Crippen LogP contribution >= 0.6 is 0 Å². The molecule has 0 atom stereocenters. The molecule has 21 heavy (non-hydrogen) atoms. The predicted molar refractivity (Wildman–Crippen MR) is 77.9 cm³/mol. The molecule has 110 valence electrons. The molecule has 0 aliphatic carbocycles. The molecule has 1 aromatic carbocycles. The van der Waals surface area contributed by atoms with E-state index in [0.717, 1.165) is 0 Å². The number of aryl methyl sites for hydroxylation is 2. The molecule has 0 saturated heterocycles. The lowest BCUT2D eigenvalue weighted by molar-refractivity contribution is 0.569. The highest BCUT2D eigenvalue weighted by Crippen LogP contribution is 2.16. The zero-order valence-corrected chi connectivity index (χ0v) is 12.5. The summed E-state index contributed by atoms with van der Waals surface area (Å²) in [6.45, 7) is 2.73. The quantitative estimate of drug-likeness (QED) is 0.818. The Kier molecular flexibility index (Phi) is 4.73. The molecule has 0 aliphatic heterocycles. The first-order chi connectivity index (χ1) is 10.0. The summed E-state index contributed by atoms with van der Waals surface area (Å²) in [6, 6.07) is 6.59. The van der Waals surface area contributed by atoms with E-state index < -0.39 is 10.0 Å². The van der Waals surface area contributed by atoms with Crippen LogP contribution in [0.15, 0.2) is 41.8 Å². The number of imidazole rings is 1. The average Bonchev–Trinajstić information content (AvgIpc) is 2.97. The van der Waals surface area contributed by atoms with Gasteiger partial charge in [-0.2, -0.15) is 5.26 Å². The van der Waals surface area contributed by atoms with E-state index in [1.54, 1.807) is 31.6 Å². The van der Waals surface area contributed by atoms with Gasteiger partial charge in [0.05, 0.1) is 22.9 Å². The van der Waals surface area contributed by atoms with Crippen LogP contribution in [0, 0.1) is 18.3 Å². The number of nitrogens with zero attached hydrogens (tertiary/aromatic N) is 3. The predicted octanol–water partition coefficient (Wildman–Crippen LogP) is 1.43. The highest BCUT2D eigenvalue weighted by atomic mass is 32.2. The van der Waals surface area contributed by atoms with Crippen LogP contribution < -0.4 is 4.72 Å². The van der Waals surface area contributed by atoms with Crippen LogP contribution in [0.3, 0.4) is 0 Å². The number of aromatic nitrogens is 2. The van der Waals surface area contributed by atoms with Crippen LogP contribution in [0.25, 0.3) is 0 Å². The molecule has 1 heterocycles. The number of hydrogen-bond acceptors (Lipinski definition) is 4. The third-order valence-corrected chi connectivity index (χ3v) is 4.65. The molecule has 7 heteroatoms. The van der Waals surface area contributed by atoms with Gasteiger partial charge < -0.3 is 4.57 Å². The molecule has 2 aromatic rings. The largest absolute Gasteiger partial charge is 0.337 e. The van der Waals surface area contributed by atoms with Crippen molar-refractivity contribution < 1.29 is 8.42 Å². The Morgan fingerprint density at radius 1 is 1.43 bits per heavy atom. The van der Waals surface area contributed by atoms with E-state index in [9.17, 15) is 8.42 Å². The molecular weight excluding hydrogens is 288 g/mol. The van der Waals surface area contributed by atoms with Crippen molar-refractivity contribution >= 4 is 10.0 Å². The normalized spacial score (nSPS) is 11.2. The zero-order chi connectivity index (χ0) is 15.3. The van der Waals surface area contributed by atoms with E-state index in [2.05, 4.69) is 9.71 Å². The van der Waals surface area contributed by atoms with E-state index in [4.69, 9.17) is 5.26 Å². The maximum Gasteiger partial charge on any atom is 0.240 e. The molecular formula is C14H16N4O2S. The monoisotopic (exact) mass is 304 g/mol. The average molecular weight is 304 g/mol. The number of rotatable bonds is 6. The molecule has 0 amide bonds. The Bertz CT molecular complexity index is 746. The summed E-state index contributed by atoms with van der Waals surface area (Å²) >= 11 is 0. The Hall–Kier alpha value is -2.17. The number of nitriles is 1. The van der Waals surface area contributed by atoms with E-state index in [1.807, 2.05) is 16.8 Å². The van der Waals surface area contributed by atoms with Crippen LogP contribution in [0.4, 0.5) is 0 Å². The van der Waals surface area contributed by atoms with Crippen LogP contribution in [-0.2, 0) is 16.6 Å². The Morgan fingerprint density at radius 2 is 2.24 bits per heavy atom. The van der Waals surface area contributed by atoms with Gasteiger partial charge in [-0.05, 0) is 31.0 Å². The molecule has 0 spiro atoms. The third kappa shape index (κ3) is 3.90. The number of nitrogens with one attached hydrogen (secondary N) is 1. The van der Waals surface area contributed by atoms with E-state index in [1.165, 1.54) is 6.07 Å². The molecule has 1 N–H and O–H groups in total. The van der Waals surface area contributed by atoms with Gasteiger partial charge in [0.2, 0.25) is 10.0 Å². The fourth-order valence-electron chi connectivity index (χ4n) is 1.92. The second-order valence-corrected chi connectivity index (χ2v) is 6.38. The van der Waals surface area contributed by atoms with Crippen LogP contribution in [0.5, 0.6) is 0 Å². The number of benzene rings is 1. The first-order valence-electron chi connectivity index (χ1n) is 6.49. The topological polar surface area (TPSA) is 87.8 Å². The molecule has 0 saturated carbocycles. The van der Waals surface area contributed by atoms with Crippen molar-refractivity contribution in [2.75, 3.05) is 6.54 Å². The van der Waals surface area contributed by atoms with E-state index >= 15 is 0 Å². The Labute approximate surface area is 124 Å². The number of hydrogen-bond donors (Lipinski definition) is 1. The summed E-state index contributed by atoms with van der Waals surface area (Å²) in [7, 11) is -3.59. The minimum Gasteiger partial charge on any atom is -0.337 e. The lowest BCUT2D eigenvalue weighted by Crippen LogP contribution is -2.26. The lowest BCUT2D eigenvalue weighted by atomic mass is 10.2. The first kappa shape index (κ1) is 15.2. The van der Waals surface area contributed by atoms with Crippen molar-refractivity contribution in [2.45, 2.75) is 24.8 Å². The molecule has 0 fully saturated rings. The van der Waals surface area contributed by atoms with E-state index in [-0.39, 0.29) is 4.90 Å². The van der Waals surface area contributed by atoms with Crippen LogP contribution in [0.2, 0.25) is 0 Å². The molecule has 0 unspecified atom stereocenters. The zero-order valence-electron chi connectivity index (χ0n) is 11.7. The smallest absolute Gasteiger partial charge is 0.240 e. The van der Waals surface area contributed by atoms with Crippen molar-refractivity contribution in [1.29, 1.82) is 5.26 Å². The van der Waals surface area contributed by atoms with Gasteiger partial charge in [-0.25, -0.2) is 18.1 Å². The minimum absolute atomic E-state index is 0.157. The maximum absolute atomic E-state index is 12.2. The van der Waals surface area contributed by atoms with Crippen molar-refractivity contribution in [1.82, 2.24) is 14.3 Å². The molecule has 0 bridgehead atoms. The third-order valence-electron chi connectivity index (χ3n) is 3.05. The highest BCUT2D eigenvalue weighted by Gasteiger charge is 2.16. The van der Waals surface area contributed by atoms with Crippen molar-refractivity contribution in [3.63, 3.8) is 0 Å². The SMILES string of the molecule is Cc1ccc(C#N)cc1S(=O)(=O)NCCCn1ccnc1. The molecule has 1 aromatic heterocycles. The van der Waals surface area contributed by atoms with Gasteiger partial charge in [-0.1, -0.05) is 6.07 Å². The van der Waals surface area contributed by atoms with Crippen molar-refractivity contribution in [3.05, 3.63) is 48.0 Å². The molecule has 0 radical (unpaired) electrons. The number of sulfonamides is 1. The van der Waals surface area contributed by atoms with Gasteiger partial charge >= 0.3 is 0 Å². The molecule has 6 nitrogen and oxygen atoms in total. The Balaban J connectivity index is 2.00. The highest BCUT2D eigenvalue weighted by molar-refractivity contribution is 7.89. The van der Waals surface area contributed by atoms with Gasteiger partial charge in [0.15, 0.2) is 0 Å². The second kappa shape index (κ2) is 6.52. The summed E-state index contributed by atoms with van der Waals surface area (Å²) in [6.07, 6.45) is 5.86. The van der Waals surface area contributed by atoms with E-state index in [0.29, 0.717) is 30.6 Å². The van der Waals surface area contributed by atoms with Crippen molar-refractivity contribution in [3.8, 4) is 6.07 Å². The minimum atomic E-state index is -3.59. The summed E-state index contributed by atoms with van der Waals surface area (Å²) in [5.41, 5.74) is 0.954. The van der Waals surface area contributed by atoms with Crippen molar-refractivity contribution in [2.24, 2.45) is 0 Å². The fourth-order valence-corrected chi connectivity index (χ4v) is 3.27. The van der Waals surface area contributed by atoms with Crippen LogP contribution in [-0.4, -0.2) is 24.5 Å². The Morgan fingerprint density at radius 3 is 2.90 bits per heavy atom. The summed E-state index contributed by atoms with van der Waals surface area (Å²) in [5.74, 6) is 0. The van der Waals surface area contributed by atoms with Gasteiger partial charge in [-0.3, -0.25) is 0 Å². The molecule has 2 rings (SSSR count). The summed E-state index contributed by atoms with van der Waals surface area (Å²) in [4.78, 5) is 4.08. The summed E-state index contributed by atoms with van der Waals surface area (Å²) < 4.78 is 28.9. The standard InChI is InChI=1S/C14H16N4O2S/c1-12-3-4-13(10-15)9-14(12)21(19,20)17-5-2-7-18-8-6-16-11-18/h3-4,6,8-9,11,17H,2,5,7H2,1H3. The van der Waals surface area contributed by atoms with Gasteiger partial charge in [0.1, 0.15) is 0 Å². The summed E-state index contributed by atoms with van der Waals surface area (Å²) in [5, 5.41) is 8.86. The van der Waals surface area contributed by atoms with Gasteiger partial charge in [-0.15, -0.1) is 0 Å². The fraction of sp³-hybridized carbons (Fsp3) is 0.286. The van der Waals surface area contributed by atoms with Gasteiger partial charge in [0, 0.05) is 25.5 Å². The second-order valence-electron chi connectivity index (χ2n) is 4.64.